The van der Waals surface area contributed by atoms with E-state index >= 15 is 0 Å². The van der Waals surface area contributed by atoms with Crippen LogP contribution in [-0.4, -0.2) is 45.3 Å². The van der Waals surface area contributed by atoms with Crippen molar-refractivity contribution in [3.05, 3.63) is 24.3 Å². The number of hydrogen-bond donors (Lipinski definition) is 1. The Kier molecular flexibility index (Phi) is 6.07. The van der Waals surface area contributed by atoms with Gasteiger partial charge in [0.05, 0.1) is 10.8 Å². The molecule has 0 unspecified atom stereocenters. The molecule has 0 radical (unpaired) electrons. The molecular weight excluding hydrogens is 308 g/mol. The molecule has 0 bridgehead atoms. The Balaban J connectivity index is 2.65. The van der Waals surface area contributed by atoms with E-state index in [1.807, 2.05) is 0 Å². The Morgan fingerprint density at radius 3 is 2.18 bits per heavy atom. The van der Waals surface area contributed by atoms with Crippen molar-refractivity contribution in [3.8, 4) is 0 Å². The Morgan fingerprint density at radius 2 is 1.73 bits per heavy atom. The highest BCUT2D eigenvalue weighted by molar-refractivity contribution is 7.89. The summed E-state index contributed by atoms with van der Waals surface area (Å²) in [6, 6.07) is 5.73. The minimum Gasteiger partial charge on any atom is -0.455 e. The second-order valence-corrected chi connectivity index (χ2v) is 7.27. The van der Waals surface area contributed by atoms with Gasteiger partial charge in [-0.05, 0) is 24.3 Å². The maximum absolute atomic E-state index is 11.9. The first-order valence-electron chi connectivity index (χ1n) is 6.63. The van der Waals surface area contributed by atoms with Crippen LogP contribution in [0.4, 0.5) is 5.69 Å². The molecule has 8 heteroatoms. The van der Waals surface area contributed by atoms with Crippen LogP contribution < -0.4 is 5.32 Å². The van der Waals surface area contributed by atoms with Crippen molar-refractivity contribution in [2.24, 2.45) is 5.92 Å². The summed E-state index contributed by atoms with van der Waals surface area (Å²) in [7, 11) is -0.625. The summed E-state index contributed by atoms with van der Waals surface area (Å²) in [5, 5.41) is 2.52. The van der Waals surface area contributed by atoms with Gasteiger partial charge in [-0.25, -0.2) is 12.7 Å². The van der Waals surface area contributed by atoms with Gasteiger partial charge in [0.1, 0.15) is 0 Å². The zero-order valence-corrected chi connectivity index (χ0v) is 13.8. The van der Waals surface area contributed by atoms with E-state index < -0.39 is 21.9 Å². The van der Waals surface area contributed by atoms with E-state index in [-0.39, 0.29) is 17.4 Å². The lowest BCUT2D eigenvalue weighted by atomic mass is 10.2. The fraction of sp³-hybridized carbons (Fsp3) is 0.429. The van der Waals surface area contributed by atoms with Crippen molar-refractivity contribution in [1.82, 2.24) is 4.31 Å². The van der Waals surface area contributed by atoms with Crippen LogP contribution in [-0.2, 0) is 24.3 Å². The Morgan fingerprint density at radius 1 is 1.18 bits per heavy atom. The third-order valence-electron chi connectivity index (χ3n) is 2.73. The van der Waals surface area contributed by atoms with Crippen LogP contribution >= 0.6 is 0 Å². The first kappa shape index (κ1) is 18.1. The first-order valence-corrected chi connectivity index (χ1v) is 8.07. The topological polar surface area (TPSA) is 92.8 Å². The fourth-order valence-electron chi connectivity index (χ4n) is 1.42. The van der Waals surface area contributed by atoms with Crippen LogP contribution in [0.5, 0.6) is 0 Å². The van der Waals surface area contributed by atoms with Crippen molar-refractivity contribution < 1.29 is 22.7 Å². The average Bonchev–Trinajstić information content (AvgIpc) is 2.45. The van der Waals surface area contributed by atoms with E-state index in [2.05, 4.69) is 5.32 Å². The van der Waals surface area contributed by atoms with E-state index in [9.17, 15) is 18.0 Å². The van der Waals surface area contributed by atoms with Crippen molar-refractivity contribution in [2.75, 3.05) is 26.0 Å². The number of carbonyl (C=O) groups excluding carboxylic acids is 2. The monoisotopic (exact) mass is 328 g/mol. The number of sulfonamides is 1. The molecule has 1 rings (SSSR count). The van der Waals surface area contributed by atoms with E-state index in [0.29, 0.717) is 5.69 Å². The largest absolute Gasteiger partial charge is 0.455 e. The third kappa shape index (κ3) is 4.81. The summed E-state index contributed by atoms with van der Waals surface area (Å²) < 4.78 is 29.7. The number of esters is 1. The van der Waals surface area contributed by atoms with Gasteiger partial charge in [0.25, 0.3) is 5.91 Å². The van der Waals surface area contributed by atoms with Gasteiger partial charge in [0, 0.05) is 19.8 Å². The van der Waals surface area contributed by atoms with Crippen LogP contribution in [0.3, 0.4) is 0 Å². The van der Waals surface area contributed by atoms with Gasteiger partial charge in [-0.1, -0.05) is 13.8 Å². The van der Waals surface area contributed by atoms with Crippen LogP contribution in [0.25, 0.3) is 0 Å². The molecule has 0 atom stereocenters. The van der Waals surface area contributed by atoms with E-state index in [1.54, 1.807) is 13.8 Å². The minimum absolute atomic E-state index is 0.127. The van der Waals surface area contributed by atoms with Gasteiger partial charge in [-0.3, -0.25) is 9.59 Å². The van der Waals surface area contributed by atoms with E-state index in [1.165, 1.54) is 38.4 Å². The molecule has 122 valence electrons. The fourth-order valence-corrected chi connectivity index (χ4v) is 2.32. The normalized spacial score (nSPS) is 11.5. The zero-order chi connectivity index (χ0) is 16.9. The Labute approximate surface area is 130 Å². The molecule has 1 aromatic rings. The standard InChI is InChI=1S/C14H20N2O5S/c1-10(2)14(18)21-9-13(17)15-11-5-7-12(8-6-11)22(19,20)16(3)4/h5-8,10H,9H2,1-4H3,(H,15,17). The molecule has 0 aliphatic heterocycles. The lowest BCUT2D eigenvalue weighted by Gasteiger charge is -2.12. The number of benzene rings is 1. The highest BCUT2D eigenvalue weighted by Gasteiger charge is 2.17. The summed E-state index contributed by atoms with van der Waals surface area (Å²) >= 11 is 0. The maximum atomic E-state index is 11.9. The smallest absolute Gasteiger partial charge is 0.308 e. The van der Waals surface area contributed by atoms with Gasteiger partial charge in [0.15, 0.2) is 6.61 Å². The van der Waals surface area contributed by atoms with Crippen LogP contribution in [0.15, 0.2) is 29.2 Å². The molecule has 1 aromatic carbocycles. The van der Waals surface area contributed by atoms with Gasteiger partial charge >= 0.3 is 5.97 Å². The molecule has 1 amide bonds. The molecule has 0 heterocycles. The Hall–Kier alpha value is -1.93. The number of rotatable bonds is 6. The second kappa shape index (κ2) is 7.37. The molecule has 0 aliphatic carbocycles. The van der Waals surface area contributed by atoms with Crippen LogP contribution in [0.2, 0.25) is 0 Å². The second-order valence-electron chi connectivity index (χ2n) is 5.12. The summed E-state index contributed by atoms with van der Waals surface area (Å²) in [5.41, 5.74) is 0.420. The van der Waals surface area contributed by atoms with Crippen LogP contribution in [0.1, 0.15) is 13.8 Å². The number of carbonyl (C=O) groups is 2. The predicted octanol–water partition coefficient (Wildman–Crippen LogP) is 1.07. The number of hydrogen-bond acceptors (Lipinski definition) is 5. The van der Waals surface area contributed by atoms with E-state index in [0.717, 1.165) is 4.31 Å². The molecule has 22 heavy (non-hydrogen) atoms. The number of amides is 1. The van der Waals surface area contributed by atoms with Gasteiger partial charge in [0.2, 0.25) is 10.0 Å². The summed E-state index contributed by atoms with van der Waals surface area (Å²) in [6.07, 6.45) is 0. The van der Waals surface area contributed by atoms with Crippen LogP contribution in [0, 0.1) is 5.92 Å². The molecule has 0 saturated heterocycles. The molecule has 0 aliphatic rings. The average molecular weight is 328 g/mol. The molecule has 7 nitrogen and oxygen atoms in total. The van der Waals surface area contributed by atoms with Crippen molar-refractivity contribution in [1.29, 1.82) is 0 Å². The number of nitrogens with zero attached hydrogens (tertiary/aromatic N) is 1. The highest BCUT2D eigenvalue weighted by Crippen LogP contribution is 2.16. The van der Waals surface area contributed by atoms with Crippen molar-refractivity contribution >= 4 is 27.6 Å². The number of anilines is 1. The van der Waals surface area contributed by atoms with E-state index in [4.69, 9.17) is 4.74 Å². The molecule has 0 aromatic heterocycles. The number of ether oxygens (including phenoxy) is 1. The first-order chi connectivity index (χ1) is 10.1. The molecular formula is C14H20N2O5S. The van der Waals surface area contributed by atoms with Crippen molar-refractivity contribution in [3.63, 3.8) is 0 Å². The SMILES string of the molecule is CC(C)C(=O)OCC(=O)Nc1ccc(S(=O)(=O)N(C)C)cc1. The summed E-state index contributed by atoms with van der Waals surface area (Å²) in [4.78, 5) is 23.0. The predicted molar refractivity (Wildman–Crippen MR) is 81.7 cm³/mol. The highest BCUT2D eigenvalue weighted by atomic mass is 32.2. The summed E-state index contributed by atoms with van der Waals surface area (Å²) in [5.74, 6) is -1.25. The van der Waals surface area contributed by atoms with Gasteiger partial charge < -0.3 is 10.1 Å². The van der Waals surface area contributed by atoms with Gasteiger partial charge in [-0.2, -0.15) is 0 Å². The van der Waals surface area contributed by atoms with Crippen molar-refractivity contribution in [2.45, 2.75) is 18.7 Å². The van der Waals surface area contributed by atoms with Gasteiger partial charge in [-0.15, -0.1) is 0 Å². The summed E-state index contributed by atoms with van der Waals surface area (Å²) in [6.45, 7) is 2.96. The lowest BCUT2D eigenvalue weighted by molar-refractivity contribution is -0.150. The third-order valence-corrected chi connectivity index (χ3v) is 4.56. The molecule has 0 saturated carbocycles. The molecule has 0 spiro atoms. The Bertz CT molecular complexity index is 636. The zero-order valence-electron chi connectivity index (χ0n) is 13.0. The quantitative estimate of drug-likeness (QED) is 0.789. The number of nitrogens with one attached hydrogen (secondary N) is 1. The minimum atomic E-state index is -3.50. The maximum Gasteiger partial charge on any atom is 0.308 e. The molecule has 1 N–H and O–H groups in total. The lowest BCUT2D eigenvalue weighted by Crippen LogP contribution is -2.23. The molecule has 0 fully saturated rings.